The number of hydrogen-bond donors (Lipinski definition) is 0. The lowest BCUT2D eigenvalue weighted by Gasteiger charge is -2.37. The van der Waals surface area contributed by atoms with Crippen LogP contribution in [0.4, 0.5) is 4.39 Å². The molecule has 1 atom stereocenters. The van der Waals surface area contributed by atoms with Crippen molar-refractivity contribution < 1.29 is 9.18 Å². The fraction of sp³-hybridized carbons (Fsp3) is 0.529. The van der Waals surface area contributed by atoms with Crippen LogP contribution >= 0.6 is 0 Å². The molecular weight excluding hydrogens is 323 g/mol. The summed E-state index contributed by atoms with van der Waals surface area (Å²) in [6.45, 7) is 4.18. The van der Waals surface area contributed by atoms with Gasteiger partial charge >= 0.3 is 0 Å². The highest BCUT2D eigenvalue weighted by molar-refractivity contribution is 5.79. The molecule has 1 saturated carbocycles. The maximum Gasteiger partial charge on any atom is 0.237 e. The first-order valence-electron chi connectivity index (χ1n) is 8.66. The fourth-order valence-electron chi connectivity index (χ4n) is 3.30. The number of rotatable bonds is 5. The monoisotopic (exact) mass is 344 g/mol. The van der Waals surface area contributed by atoms with Gasteiger partial charge in [-0.15, -0.1) is 5.10 Å². The number of tetrazole rings is 1. The molecule has 4 rings (SSSR count). The van der Waals surface area contributed by atoms with Crippen molar-refractivity contribution in [3.63, 3.8) is 0 Å². The van der Waals surface area contributed by atoms with Crippen molar-refractivity contribution in [1.82, 2.24) is 30.0 Å². The molecule has 0 unspecified atom stereocenters. The summed E-state index contributed by atoms with van der Waals surface area (Å²) in [5.41, 5.74) is 0.813. The Hall–Kier alpha value is -2.35. The molecule has 2 aromatic rings. The normalized spacial score (nSPS) is 20.1. The van der Waals surface area contributed by atoms with E-state index in [0.29, 0.717) is 25.7 Å². The van der Waals surface area contributed by atoms with Crippen molar-refractivity contribution in [2.75, 3.05) is 19.6 Å². The van der Waals surface area contributed by atoms with Gasteiger partial charge in [0.25, 0.3) is 0 Å². The molecule has 1 aromatic carbocycles. The molecule has 0 spiro atoms. The maximum absolute atomic E-state index is 13.3. The van der Waals surface area contributed by atoms with Crippen LogP contribution in [0.2, 0.25) is 0 Å². The van der Waals surface area contributed by atoms with Gasteiger partial charge in [0.15, 0.2) is 5.82 Å². The predicted octanol–water partition coefficient (Wildman–Crippen LogP) is 1.55. The van der Waals surface area contributed by atoms with Gasteiger partial charge in [0.2, 0.25) is 5.91 Å². The Morgan fingerprint density at radius 2 is 2.16 bits per heavy atom. The molecule has 1 aliphatic heterocycles. The lowest BCUT2D eigenvalue weighted by atomic mass is 10.1. The topological polar surface area (TPSA) is 67.2 Å². The Morgan fingerprint density at radius 3 is 2.88 bits per heavy atom. The predicted molar refractivity (Wildman–Crippen MR) is 87.9 cm³/mol. The molecular formula is C17H21FN6O. The molecule has 1 aromatic heterocycles. The van der Waals surface area contributed by atoms with E-state index in [0.717, 1.165) is 30.8 Å². The van der Waals surface area contributed by atoms with Gasteiger partial charge in [-0.2, -0.15) is 0 Å². The van der Waals surface area contributed by atoms with E-state index in [1.807, 2.05) is 17.7 Å². The summed E-state index contributed by atoms with van der Waals surface area (Å²) >= 11 is 0. The second-order valence-corrected chi connectivity index (χ2v) is 6.80. The molecule has 7 nitrogen and oxygen atoms in total. The summed E-state index contributed by atoms with van der Waals surface area (Å²) in [4.78, 5) is 16.4. The molecule has 0 radical (unpaired) electrons. The number of amides is 1. The molecule has 1 saturated heterocycles. The molecule has 8 heteroatoms. The third-order valence-corrected chi connectivity index (χ3v) is 4.94. The van der Waals surface area contributed by atoms with Crippen molar-refractivity contribution in [2.24, 2.45) is 0 Å². The van der Waals surface area contributed by atoms with E-state index >= 15 is 0 Å². The fourth-order valence-corrected chi connectivity index (χ4v) is 3.30. The second-order valence-electron chi connectivity index (χ2n) is 6.80. The first-order valence-corrected chi connectivity index (χ1v) is 8.66. The van der Waals surface area contributed by atoms with Crippen molar-refractivity contribution in [3.8, 4) is 0 Å². The maximum atomic E-state index is 13.3. The second kappa shape index (κ2) is 6.51. The van der Waals surface area contributed by atoms with Crippen LogP contribution in [0.5, 0.6) is 0 Å². The van der Waals surface area contributed by atoms with Gasteiger partial charge in [0, 0.05) is 19.6 Å². The lowest BCUT2D eigenvalue weighted by molar-refractivity contribution is -0.137. The Morgan fingerprint density at radius 1 is 1.32 bits per heavy atom. The highest BCUT2D eigenvalue weighted by Gasteiger charge is 2.34. The van der Waals surface area contributed by atoms with E-state index in [1.165, 1.54) is 12.1 Å². The van der Waals surface area contributed by atoms with Gasteiger partial charge in [0.1, 0.15) is 5.82 Å². The number of carbonyl (C=O) groups excluding carboxylic acids is 1. The average Bonchev–Trinajstić information content (AvgIpc) is 3.33. The van der Waals surface area contributed by atoms with E-state index in [4.69, 9.17) is 0 Å². The minimum Gasteiger partial charge on any atom is -0.336 e. The lowest BCUT2D eigenvalue weighted by Crippen LogP contribution is -2.50. The van der Waals surface area contributed by atoms with Gasteiger partial charge < -0.3 is 4.90 Å². The van der Waals surface area contributed by atoms with Gasteiger partial charge in [-0.25, -0.2) is 9.07 Å². The number of hydrogen-bond acceptors (Lipinski definition) is 5. The van der Waals surface area contributed by atoms with Crippen LogP contribution in [0.1, 0.15) is 43.2 Å². The zero-order valence-electron chi connectivity index (χ0n) is 14.2. The summed E-state index contributed by atoms with van der Waals surface area (Å²) in [5, 5.41) is 12.1. The van der Waals surface area contributed by atoms with Gasteiger partial charge in [0.05, 0.1) is 18.6 Å². The zero-order valence-corrected chi connectivity index (χ0v) is 14.2. The van der Waals surface area contributed by atoms with Crippen molar-refractivity contribution >= 4 is 5.91 Å². The van der Waals surface area contributed by atoms with Crippen LogP contribution in [0.15, 0.2) is 24.3 Å². The number of carbonyl (C=O) groups is 1. The molecule has 2 aliphatic rings. The summed E-state index contributed by atoms with van der Waals surface area (Å²) in [5.74, 6) is 0.603. The summed E-state index contributed by atoms with van der Waals surface area (Å²) < 4.78 is 15.2. The molecule has 1 amide bonds. The zero-order chi connectivity index (χ0) is 17.4. The van der Waals surface area contributed by atoms with Crippen LogP contribution in [-0.4, -0.2) is 55.5 Å². The third-order valence-electron chi connectivity index (χ3n) is 4.94. The van der Waals surface area contributed by atoms with Crippen molar-refractivity contribution in [2.45, 2.75) is 38.4 Å². The minimum atomic E-state index is -0.274. The number of aromatic nitrogens is 4. The summed E-state index contributed by atoms with van der Waals surface area (Å²) in [7, 11) is 0. The molecule has 0 N–H and O–H groups in total. The largest absolute Gasteiger partial charge is 0.336 e. The van der Waals surface area contributed by atoms with Gasteiger partial charge in [-0.3, -0.25) is 9.69 Å². The van der Waals surface area contributed by atoms with Crippen LogP contribution < -0.4 is 0 Å². The Balaban J connectivity index is 1.40. The summed E-state index contributed by atoms with van der Waals surface area (Å²) in [6, 6.07) is 6.81. The standard InChI is InChI=1S/C17H21FN6O/c1-12(17-19-20-21-24(17)15-5-6-15)22-7-8-23(16(25)11-22)10-13-3-2-4-14(18)9-13/h2-4,9,12,15H,5-8,10-11H2,1H3/t12-/m1/s1. The van der Waals surface area contributed by atoms with Gasteiger partial charge in [-0.05, 0) is 47.9 Å². The van der Waals surface area contributed by atoms with E-state index in [-0.39, 0.29) is 17.8 Å². The number of benzene rings is 1. The number of piperazine rings is 1. The first kappa shape index (κ1) is 16.1. The highest BCUT2D eigenvalue weighted by atomic mass is 19.1. The molecule has 25 heavy (non-hydrogen) atoms. The van der Waals surface area contributed by atoms with Crippen LogP contribution in [0.3, 0.4) is 0 Å². The van der Waals surface area contributed by atoms with Gasteiger partial charge in [-0.1, -0.05) is 12.1 Å². The van der Waals surface area contributed by atoms with E-state index in [2.05, 4.69) is 20.4 Å². The molecule has 0 bridgehead atoms. The van der Waals surface area contributed by atoms with Crippen molar-refractivity contribution in [3.05, 3.63) is 41.5 Å². The Bertz CT molecular complexity index is 774. The van der Waals surface area contributed by atoms with Crippen LogP contribution in [0.25, 0.3) is 0 Å². The Labute approximate surface area is 145 Å². The smallest absolute Gasteiger partial charge is 0.237 e. The van der Waals surface area contributed by atoms with Crippen LogP contribution in [-0.2, 0) is 11.3 Å². The summed E-state index contributed by atoms with van der Waals surface area (Å²) in [6.07, 6.45) is 2.23. The molecule has 1 aliphatic carbocycles. The number of halogens is 1. The minimum absolute atomic E-state index is 0.00382. The highest BCUT2D eigenvalue weighted by Crippen LogP contribution is 2.36. The quantitative estimate of drug-likeness (QED) is 0.823. The third kappa shape index (κ3) is 3.39. The molecule has 2 fully saturated rings. The van der Waals surface area contributed by atoms with E-state index in [9.17, 15) is 9.18 Å². The number of nitrogens with zero attached hydrogens (tertiary/aromatic N) is 6. The average molecular weight is 344 g/mol. The molecule has 132 valence electrons. The van der Waals surface area contributed by atoms with Crippen molar-refractivity contribution in [1.29, 1.82) is 0 Å². The molecule has 2 heterocycles. The SMILES string of the molecule is C[C@H](c1nnnn1C1CC1)N1CCN(Cc2cccc(F)c2)C(=O)C1. The van der Waals surface area contributed by atoms with E-state index in [1.54, 1.807) is 11.0 Å². The van der Waals surface area contributed by atoms with E-state index < -0.39 is 0 Å². The Kier molecular flexibility index (Phi) is 4.20. The van der Waals surface area contributed by atoms with Crippen LogP contribution in [0, 0.1) is 5.82 Å². The first-order chi connectivity index (χ1) is 12.1.